The molecule has 0 radical (unpaired) electrons. The Morgan fingerprint density at radius 3 is 1.30 bits per heavy atom. The number of aliphatic hydroxyl groups is 2. The molecule has 0 saturated heterocycles. The van der Waals surface area contributed by atoms with Crippen LogP contribution in [0.2, 0.25) is 0 Å². The fourth-order valence-corrected chi connectivity index (χ4v) is 6.49. The average molecular weight is 668 g/mol. The van der Waals surface area contributed by atoms with Crippen LogP contribution in [0.15, 0.2) is 0 Å². The van der Waals surface area contributed by atoms with Gasteiger partial charge in [0.15, 0.2) is 0 Å². The Kier molecular flexibility index (Phi) is 35.3. The molecule has 280 valence electrons. The van der Waals surface area contributed by atoms with Crippen molar-refractivity contribution in [2.75, 3.05) is 6.61 Å². The van der Waals surface area contributed by atoms with Crippen LogP contribution in [-0.4, -0.2) is 46.9 Å². The van der Waals surface area contributed by atoms with Gasteiger partial charge in [0.05, 0.1) is 25.2 Å². The summed E-state index contributed by atoms with van der Waals surface area (Å²) < 4.78 is 5.84. The maximum Gasteiger partial charge on any atom is 0.306 e. The van der Waals surface area contributed by atoms with E-state index in [4.69, 9.17) is 4.74 Å². The molecule has 3 N–H and O–H groups in total. The fourth-order valence-electron chi connectivity index (χ4n) is 6.49. The molecule has 0 aliphatic carbocycles. The Balaban J connectivity index is 4.45. The first-order chi connectivity index (χ1) is 23.0. The summed E-state index contributed by atoms with van der Waals surface area (Å²) >= 11 is 0. The molecule has 0 saturated carbocycles. The van der Waals surface area contributed by atoms with Crippen molar-refractivity contribution in [2.45, 2.75) is 244 Å². The molecule has 3 atom stereocenters. The Hall–Kier alpha value is -1.14. The predicted octanol–water partition coefficient (Wildman–Crippen LogP) is 11.3. The highest BCUT2D eigenvalue weighted by atomic mass is 16.5. The van der Waals surface area contributed by atoms with Crippen LogP contribution in [0.25, 0.3) is 0 Å². The number of amides is 1. The van der Waals surface area contributed by atoms with Crippen LogP contribution in [0.4, 0.5) is 0 Å². The van der Waals surface area contributed by atoms with E-state index in [-0.39, 0.29) is 24.9 Å². The van der Waals surface area contributed by atoms with Crippen molar-refractivity contribution in [3.63, 3.8) is 0 Å². The third-order valence-electron chi connectivity index (χ3n) is 9.69. The molecule has 0 aromatic heterocycles. The molecule has 47 heavy (non-hydrogen) atoms. The predicted molar refractivity (Wildman–Crippen MR) is 200 cm³/mol. The van der Waals surface area contributed by atoms with E-state index in [1.54, 1.807) is 0 Å². The van der Waals surface area contributed by atoms with Crippen LogP contribution in [0, 0.1) is 0 Å². The molecule has 0 bridgehead atoms. The topological polar surface area (TPSA) is 95.9 Å². The molecule has 1 amide bonds. The van der Waals surface area contributed by atoms with Crippen molar-refractivity contribution in [1.29, 1.82) is 0 Å². The minimum absolute atomic E-state index is 0.0845. The van der Waals surface area contributed by atoms with E-state index in [0.29, 0.717) is 19.3 Å². The first-order valence-electron chi connectivity index (χ1n) is 20.8. The van der Waals surface area contributed by atoms with E-state index in [1.807, 2.05) is 0 Å². The molecule has 0 spiro atoms. The van der Waals surface area contributed by atoms with Gasteiger partial charge in [-0.25, -0.2) is 0 Å². The lowest BCUT2D eigenvalue weighted by Gasteiger charge is -2.24. The summed E-state index contributed by atoms with van der Waals surface area (Å²) in [6.07, 6.45) is 34.6. The molecule has 0 heterocycles. The zero-order valence-corrected chi connectivity index (χ0v) is 31.7. The molecular formula is C41H81NO5. The number of carbonyl (C=O) groups is 2. The van der Waals surface area contributed by atoms with Gasteiger partial charge < -0.3 is 20.3 Å². The highest BCUT2D eigenvalue weighted by Crippen LogP contribution is 2.17. The van der Waals surface area contributed by atoms with Crippen LogP contribution < -0.4 is 5.32 Å². The minimum Gasteiger partial charge on any atom is -0.462 e. The third kappa shape index (κ3) is 31.9. The van der Waals surface area contributed by atoms with Crippen molar-refractivity contribution in [1.82, 2.24) is 5.32 Å². The standard InChI is InChI=1S/C41H81NO5/c1-4-7-10-13-16-18-19-20-22-24-27-30-33-39(44)38(36-43)42-40(45)35-37(32-29-26-23-15-12-9-6-3)47-41(46)34-31-28-25-21-17-14-11-8-5-2/h37-39,43-44H,4-36H2,1-3H3,(H,42,45). The summed E-state index contributed by atoms with van der Waals surface area (Å²) in [5.41, 5.74) is 0. The van der Waals surface area contributed by atoms with Crippen molar-refractivity contribution in [3.05, 3.63) is 0 Å². The van der Waals surface area contributed by atoms with Crippen LogP contribution in [0.1, 0.15) is 226 Å². The lowest BCUT2D eigenvalue weighted by molar-refractivity contribution is -0.151. The largest absolute Gasteiger partial charge is 0.462 e. The number of nitrogens with one attached hydrogen (secondary N) is 1. The van der Waals surface area contributed by atoms with Crippen molar-refractivity contribution < 1.29 is 24.5 Å². The second-order valence-electron chi connectivity index (χ2n) is 14.4. The smallest absolute Gasteiger partial charge is 0.306 e. The monoisotopic (exact) mass is 668 g/mol. The average Bonchev–Trinajstić information content (AvgIpc) is 3.06. The summed E-state index contributed by atoms with van der Waals surface area (Å²) in [5, 5.41) is 23.5. The first kappa shape index (κ1) is 45.9. The van der Waals surface area contributed by atoms with E-state index in [0.717, 1.165) is 44.9 Å². The van der Waals surface area contributed by atoms with E-state index in [2.05, 4.69) is 26.1 Å². The number of carbonyl (C=O) groups excluding carboxylic acids is 2. The summed E-state index contributed by atoms with van der Waals surface area (Å²) in [6, 6.07) is -0.688. The zero-order valence-electron chi connectivity index (χ0n) is 31.7. The summed E-state index contributed by atoms with van der Waals surface area (Å²) in [6.45, 7) is 6.42. The van der Waals surface area contributed by atoms with Gasteiger partial charge in [0.2, 0.25) is 5.91 Å². The molecule has 0 rings (SSSR count). The van der Waals surface area contributed by atoms with Gasteiger partial charge in [-0.2, -0.15) is 0 Å². The van der Waals surface area contributed by atoms with E-state index in [9.17, 15) is 19.8 Å². The number of ether oxygens (including phenoxy) is 1. The summed E-state index contributed by atoms with van der Waals surface area (Å²) in [7, 11) is 0. The number of aliphatic hydroxyl groups excluding tert-OH is 2. The molecule has 3 unspecified atom stereocenters. The number of esters is 1. The summed E-state index contributed by atoms with van der Waals surface area (Å²) in [4.78, 5) is 25.7. The lowest BCUT2D eigenvalue weighted by atomic mass is 10.0. The maximum atomic E-state index is 13.0. The lowest BCUT2D eigenvalue weighted by Crippen LogP contribution is -2.46. The van der Waals surface area contributed by atoms with Crippen molar-refractivity contribution in [2.24, 2.45) is 0 Å². The first-order valence-corrected chi connectivity index (χ1v) is 20.8. The number of hydrogen-bond acceptors (Lipinski definition) is 5. The highest BCUT2D eigenvalue weighted by Gasteiger charge is 2.24. The van der Waals surface area contributed by atoms with E-state index < -0.39 is 18.2 Å². The Labute approximate surface area is 292 Å². The Morgan fingerprint density at radius 1 is 0.532 bits per heavy atom. The van der Waals surface area contributed by atoms with Crippen LogP contribution in [0.3, 0.4) is 0 Å². The van der Waals surface area contributed by atoms with Gasteiger partial charge in [0, 0.05) is 6.42 Å². The number of rotatable bonds is 37. The third-order valence-corrected chi connectivity index (χ3v) is 9.69. The molecule has 0 aromatic carbocycles. The molecule has 0 fully saturated rings. The quantitative estimate of drug-likeness (QED) is 0.0452. The molecule has 6 nitrogen and oxygen atoms in total. The zero-order chi connectivity index (χ0) is 34.6. The second-order valence-corrected chi connectivity index (χ2v) is 14.4. The van der Waals surface area contributed by atoms with Gasteiger partial charge in [0.25, 0.3) is 0 Å². The summed E-state index contributed by atoms with van der Waals surface area (Å²) in [5.74, 6) is -0.471. The molecule has 0 aliphatic rings. The minimum atomic E-state index is -0.775. The van der Waals surface area contributed by atoms with Gasteiger partial charge in [-0.15, -0.1) is 0 Å². The van der Waals surface area contributed by atoms with Crippen LogP contribution in [0.5, 0.6) is 0 Å². The van der Waals surface area contributed by atoms with Gasteiger partial charge in [-0.3, -0.25) is 9.59 Å². The molecular weight excluding hydrogens is 586 g/mol. The number of hydrogen-bond donors (Lipinski definition) is 3. The highest BCUT2D eigenvalue weighted by molar-refractivity contribution is 5.77. The normalized spacial score (nSPS) is 13.4. The Morgan fingerprint density at radius 2 is 0.894 bits per heavy atom. The van der Waals surface area contributed by atoms with Gasteiger partial charge in [-0.1, -0.05) is 188 Å². The maximum absolute atomic E-state index is 13.0. The second kappa shape index (κ2) is 36.1. The number of unbranched alkanes of at least 4 members (excludes halogenated alkanes) is 25. The van der Waals surface area contributed by atoms with Gasteiger partial charge in [0.1, 0.15) is 6.10 Å². The molecule has 0 aliphatic heterocycles. The van der Waals surface area contributed by atoms with Crippen molar-refractivity contribution in [3.8, 4) is 0 Å². The molecule has 0 aromatic rings. The van der Waals surface area contributed by atoms with Gasteiger partial charge >= 0.3 is 5.97 Å². The van der Waals surface area contributed by atoms with E-state index in [1.165, 1.54) is 135 Å². The van der Waals surface area contributed by atoms with Crippen LogP contribution >= 0.6 is 0 Å². The van der Waals surface area contributed by atoms with Crippen LogP contribution in [-0.2, 0) is 14.3 Å². The van der Waals surface area contributed by atoms with Crippen molar-refractivity contribution >= 4 is 11.9 Å². The fraction of sp³-hybridized carbons (Fsp3) is 0.951. The Bertz CT molecular complexity index is 672. The van der Waals surface area contributed by atoms with E-state index >= 15 is 0 Å². The SMILES string of the molecule is CCCCCCCCCCCCCCC(O)C(CO)NC(=O)CC(CCCCCCCCC)OC(=O)CCCCCCCCCCC. The molecule has 6 heteroatoms. The van der Waals surface area contributed by atoms with Gasteiger partial charge in [-0.05, 0) is 25.7 Å².